The summed E-state index contributed by atoms with van der Waals surface area (Å²) in [5, 5.41) is 4.08. The number of halogens is 2. The van der Waals surface area contributed by atoms with Crippen molar-refractivity contribution in [3.63, 3.8) is 0 Å². The van der Waals surface area contributed by atoms with Crippen LogP contribution in [0.3, 0.4) is 0 Å². The molecular formula is C15H19ClFN. The predicted octanol–water partition coefficient (Wildman–Crippen LogP) is 3.97. The first-order chi connectivity index (χ1) is 8.48. The third kappa shape index (κ3) is 2.28. The fourth-order valence-electron chi connectivity index (χ4n) is 3.12. The van der Waals surface area contributed by atoms with Crippen LogP contribution in [0.4, 0.5) is 4.39 Å². The van der Waals surface area contributed by atoms with E-state index in [0.717, 1.165) is 18.2 Å². The second-order valence-electron chi connectivity index (χ2n) is 6.29. The molecule has 3 heteroatoms. The van der Waals surface area contributed by atoms with Crippen LogP contribution in [0.15, 0.2) is 18.2 Å². The van der Waals surface area contributed by atoms with Gasteiger partial charge in [0.25, 0.3) is 0 Å². The molecule has 1 nitrogen and oxygen atoms in total. The van der Waals surface area contributed by atoms with E-state index < -0.39 is 0 Å². The monoisotopic (exact) mass is 267 g/mol. The molecule has 1 N–H and O–H groups in total. The number of nitrogens with one attached hydrogen (secondary N) is 1. The molecule has 2 unspecified atom stereocenters. The Morgan fingerprint density at radius 1 is 1.33 bits per heavy atom. The fourth-order valence-corrected chi connectivity index (χ4v) is 3.35. The van der Waals surface area contributed by atoms with E-state index in [1.807, 2.05) is 6.07 Å². The minimum atomic E-state index is -0.228. The van der Waals surface area contributed by atoms with E-state index in [-0.39, 0.29) is 11.2 Å². The Labute approximate surface area is 113 Å². The van der Waals surface area contributed by atoms with Crippen molar-refractivity contribution in [2.24, 2.45) is 11.3 Å². The maximum atomic E-state index is 13.4. The van der Waals surface area contributed by atoms with Gasteiger partial charge in [-0.3, -0.25) is 0 Å². The summed E-state index contributed by atoms with van der Waals surface area (Å²) in [4.78, 5) is 0. The highest BCUT2D eigenvalue weighted by atomic mass is 35.5. The van der Waals surface area contributed by atoms with Gasteiger partial charge in [-0.1, -0.05) is 25.4 Å². The molecule has 0 heterocycles. The summed E-state index contributed by atoms with van der Waals surface area (Å²) in [6, 6.07) is 5.65. The first kappa shape index (κ1) is 12.4. The molecule has 2 atom stereocenters. The predicted molar refractivity (Wildman–Crippen MR) is 72.4 cm³/mol. The van der Waals surface area contributed by atoms with Crippen molar-refractivity contribution in [1.29, 1.82) is 0 Å². The maximum absolute atomic E-state index is 13.4. The Kier molecular flexibility index (Phi) is 2.91. The first-order valence-electron chi connectivity index (χ1n) is 6.68. The number of hydrogen-bond acceptors (Lipinski definition) is 1. The second-order valence-corrected chi connectivity index (χ2v) is 6.73. The second kappa shape index (κ2) is 4.21. The van der Waals surface area contributed by atoms with Crippen LogP contribution in [0.1, 0.15) is 38.2 Å². The minimum absolute atomic E-state index is 0.228. The van der Waals surface area contributed by atoms with Gasteiger partial charge in [-0.2, -0.15) is 0 Å². The molecule has 98 valence electrons. The van der Waals surface area contributed by atoms with Gasteiger partial charge in [0, 0.05) is 11.1 Å². The smallest absolute Gasteiger partial charge is 0.124 e. The average molecular weight is 268 g/mol. The molecule has 0 amide bonds. The fraction of sp³-hybridized carbons (Fsp3) is 0.600. The van der Waals surface area contributed by atoms with Crippen LogP contribution >= 0.6 is 11.6 Å². The van der Waals surface area contributed by atoms with E-state index >= 15 is 0 Å². The Morgan fingerprint density at radius 2 is 2.06 bits per heavy atom. The van der Waals surface area contributed by atoms with Crippen LogP contribution in [0.25, 0.3) is 0 Å². The zero-order valence-electron chi connectivity index (χ0n) is 10.8. The summed E-state index contributed by atoms with van der Waals surface area (Å²) in [6.45, 7) is 5.56. The molecule has 18 heavy (non-hydrogen) atoms. The Hall–Kier alpha value is -0.600. The van der Waals surface area contributed by atoms with Crippen molar-refractivity contribution in [1.82, 2.24) is 5.32 Å². The third-order valence-corrected chi connectivity index (χ3v) is 4.72. The third-order valence-electron chi connectivity index (χ3n) is 4.50. The highest BCUT2D eigenvalue weighted by Gasteiger charge is 2.58. The lowest BCUT2D eigenvalue weighted by molar-refractivity contribution is 0.517. The van der Waals surface area contributed by atoms with E-state index in [4.69, 9.17) is 11.6 Å². The first-order valence-corrected chi connectivity index (χ1v) is 7.05. The van der Waals surface area contributed by atoms with Crippen LogP contribution in [-0.4, -0.2) is 12.6 Å². The summed E-state index contributed by atoms with van der Waals surface area (Å²) < 4.78 is 13.4. The molecule has 2 saturated carbocycles. The quantitative estimate of drug-likeness (QED) is 0.870. The normalized spacial score (nSPS) is 29.3. The summed E-state index contributed by atoms with van der Waals surface area (Å²) in [5.41, 5.74) is 1.30. The van der Waals surface area contributed by atoms with Gasteiger partial charge in [0.1, 0.15) is 5.82 Å². The molecule has 0 aromatic heterocycles. The number of rotatable bonds is 4. The molecule has 2 aliphatic carbocycles. The van der Waals surface area contributed by atoms with Gasteiger partial charge in [0.05, 0.1) is 0 Å². The van der Waals surface area contributed by atoms with Crippen LogP contribution in [-0.2, 0) is 0 Å². The molecule has 1 aromatic rings. The summed E-state index contributed by atoms with van der Waals surface area (Å²) in [7, 11) is 0. The van der Waals surface area contributed by atoms with Gasteiger partial charge in [-0.15, -0.1) is 0 Å². The summed E-state index contributed by atoms with van der Waals surface area (Å²) >= 11 is 5.94. The summed E-state index contributed by atoms with van der Waals surface area (Å²) in [5.74, 6) is 0.794. The topological polar surface area (TPSA) is 12.0 Å². The van der Waals surface area contributed by atoms with Crippen molar-refractivity contribution in [3.8, 4) is 0 Å². The molecule has 0 saturated heterocycles. The van der Waals surface area contributed by atoms with Gasteiger partial charge in [-0.25, -0.2) is 4.39 Å². The molecular weight excluding hydrogens is 249 g/mol. The van der Waals surface area contributed by atoms with E-state index in [1.165, 1.54) is 18.9 Å². The van der Waals surface area contributed by atoms with E-state index in [2.05, 4.69) is 19.2 Å². The Bertz CT molecular complexity index is 447. The van der Waals surface area contributed by atoms with Crippen LogP contribution in [0.2, 0.25) is 5.02 Å². The van der Waals surface area contributed by atoms with Crippen molar-refractivity contribution in [3.05, 3.63) is 34.6 Å². The van der Waals surface area contributed by atoms with Gasteiger partial charge in [0.2, 0.25) is 0 Å². The van der Waals surface area contributed by atoms with E-state index in [0.29, 0.717) is 16.9 Å². The standard InChI is InChI=1S/C15H19ClFN/c1-15(2)13(8-18-12-3-4-12)14(15)9-5-10(16)7-11(17)6-9/h5-7,12-14,18H,3-4,8H2,1-2H3. The van der Waals surface area contributed by atoms with Crippen LogP contribution in [0, 0.1) is 17.2 Å². The van der Waals surface area contributed by atoms with Crippen LogP contribution in [0.5, 0.6) is 0 Å². The minimum Gasteiger partial charge on any atom is -0.314 e. The lowest BCUT2D eigenvalue weighted by Crippen LogP contribution is -2.20. The lowest BCUT2D eigenvalue weighted by Gasteiger charge is -2.04. The van der Waals surface area contributed by atoms with Crippen LogP contribution < -0.4 is 5.32 Å². The Morgan fingerprint density at radius 3 is 2.67 bits per heavy atom. The summed E-state index contributed by atoms with van der Waals surface area (Å²) in [6.07, 6.45) is 2.62. The van der Waals surface area contributed by atoms with E-state index in [1.54, 1.807) is 6.07 Å². The van der Waals surface area contributed by atoms with Gasteiger partial charge in [-0.05, 0) is 60.4 Å². The van der Waals surface area contributed by atoms with Gasteiger partial charge >= 0.3 is 0 Å². The van der Waals surface area contributed by atoms with Crippen molar-refractivity contribution < 1.29 is 4.39 Å². The largest absolute Gasteiger partial charge is 0.314 e. The highest BCUT2D eigenvalue weighted by molar-refractivity contribution is 6.30. The van der Waals surface area contributed by atoms with Crippen molar-refractivity contribution in [2.75, 3.05) is 6.54 Å². The highest BCUT2D eigenvalue weighted by Crippen LogP contribution is 2.64. The molecule has 3 rings (SSSR count). The van der Waals surface area contributed by atoms with Crippen molar-refractivity contribution >= 4 is 11.6 Å². The average Bonchev–Trinajstić information content (AvgIpc) is 3.11. The number of hydrogen-bond donors (Lipinski definition) is 1. The number of benzene rings is 1. The zero-order chi connectivity index (χ0) is 12.9. The zero-order valence-corrected chi connectivity index (χ0v) is 11.6. The van der Waals surface area contributed by atoms with Gasteiger partial charge < -0.3 is 5.32 Å². The Balaban J connectivity index is 1.74. The molecule has 0 bridgehead atoms. The SMILES string of the molecule is CC1(C)C(CNC2CC2)C1c1cc(F)cc(Cl)c1. The van der Waals surface area contributed by atoms with Gasteiger partial charge in [0.15, 0.2) is 0 Å². The molecule has 2 aliphatic rings. The molecule has 0 radical (unpaired) electrons. The van der Waals surface area contributed by atoms with E-state index in [9.17, 15) is 4.39 Å². The molecule has 0 aliphatic heterocycles. The molecule has 0 spiro atoms. The maximum Gasteiger partial charge on any atom is 0.124 e. The van der Waals surface area contributed by atoms with Crippen molar-refractivity contribution in [2.45, 2.75) is 38.6 Å². The molecule has 2 fully saturated rings. The molecule has 1 aromatic carbocycles. The lowest BCUT2D eigenvalue weighted by atomic mass is 10.0.